The van der Waals surface area contributed by atoms with Gasteiger partial charge in [-0.25, -0.2) is 0 Å². The van der Waals surface area contributed by atoms with E-state index in [9.17, 15) is 0 Å². The molecule has 0 atom stereocenters. The van der Waals surface area contributed by atoms with E-state index in [1.54, 1.807) is 7.11 Å². The van der Waals surface area contributed by atoms with Gasteiger partial charge in [0.15, 0.2) is 0 Å². The Hall–Kier alpha value is -0.520. The summed E-state index contributed by atoms with van der Waals surface area (Å²) in [5, 5.41) is 9.33. The summed E-state index contributed by atoms with van der Waals surface area (Å²) in [5.41, 5.74) is 1.28. The van der Waals surface area contributed by atoms with Crippen LogP contribution in [0.15, 0.2) is 5.38 Å². The molecule has 0 fully saturated rings. The standard InChI is InChI=1S/C10H19N3OS/c1-10(2,4-5-14-3)8-11-6-9-7-15-13-12-9/h7,11H,4-6,8H2,1-3H3. The number of aromatic nitrogens is 2. The van der Waals surface area contributed by atoms with Gasteiger partial charge in [0.05, 0.1) is 5.69 Å². The molecule has 1 aromatic rings. The zero-order valence-electron chi connectivity index (χ0n) is 9.62. The third-order valence-corrected chi connectivity index (χ3v) is 2.85. The van der Waals surface area contributed by atoms with Crippen LogP contribution in [0.5, 0.6) is 0 Å². The number of nitrogens with zero attached hydrogens (tertiary/aromatic N) is 2. The van der Waals surface area contributed by atoms with Crippen molar-refractivity contribution in [3.8, 4) is 0 Å². The van der Waals surface area contributed by atoms with Crippen molar-refractivity contribution in [2.24, 2.45) is 5.41 Å². The fourth-order valence-corrected chi connectivity index (χ4v) is 1.71. The van der Waals surface area contributed by atoms with E-state index in [4.69, 9.17) is 4.74 Å². The molecule has 15 heavy (non-hydrogen) atoms. The van der Waals surface area contributed by atoms with Gasteiger partial charge in [0.1, 0.15) is 0 Å². The number of methoxy groups -OCH3 is 1. The maximum Gasteiger partial charge on any atom is 0.0893 e. The van der Waals surface area contributed by atoms with Gasteiger partial charge in [0, 0.05) is 32.2 Å². The van der Waals surface area contributed by atoms with E-state index < -0.39 is 0 Å². The smallest absolute Gasteiger partial charge is 0.0893 e. The van der Waals surface area contributed by atoms with Crippen molar-refractivity contribution in [2.45, 2.75) is 26.8 Å². The molecule has 4 nitrogen and oxygen atoms in total. The minimum atomic E-state index is 0.263. The fourth-order valence-electron chi connectivity index (χ4n) is 1.26. The second-order valence-electron chi connectivity index (χ2n) is 4.41. The molecule has 1 aromatic heterocycles. The molecule has 86 valence electrons. The minimum absolute atomic E-state index is 0.263. The van der Waals surface area contributed by atoms with E-state index in [0.717, 1.165) is 31.8 Å². The van der Waals surface area contributed by atoms with E-state index in [0.29, 0.717) is 0 Å². The first-order valence-corrected chi connectivity index (χ1v) is 5.93. The van der Waals surface area contributed by atoms with Crippen LogP contribution < -0.4 is 5.32 Å². The van der Waals surface area contributed by atoms with Gasteiger partial charge in [-0.1, -0.05) is 18.3 Å². The first-order chi connectivity index (χ1) is 7.14. The highest BCUT2D eigenvalue weighted by atomic mass is 32.1. The predicted octanol–water partition coefficient (Wildman–Crippen LogP) is 1.69. The molecule has 0 bridgehead atoms. The van der Waals surface area contributed by atoms with E-state index in [1.807, 2.05) is 5.38 Å². The van der Waals surface area contributed by atoms with E-state index in [2.05, 4.69) is 28.8 Å². The molecule has 0 aromatic carbocycles. The Morgan fingerprint density at radius 1 is 1.53 bits per heavy atom. The molecule has 1 heterocycles. The lowest BCUT2D eigenvalue weighted by atomic mass is 9.90. The van der Waals surface area contributed by atoms with Crippen molar-refractivity contribution < 1.29 is 4.74 Å². The average Bonchev–Trinajstić information content (AvgIpc) is 2.67. The zero-order chi connectivity index (χ0) is 11.1. The summed E-state index contributed by atoms with van der Waals surface area (Å²) >= 11 is 1.39. The number of hydrogen-bond donors (Lipinski definition) is 1. The normalized spacial score (nSPS) is 11.9. The molecule has 0 radical (unpaired) electrons. The Kier molecular flexibility index (Phi) is 5.14. The first kappa shape index (κ1) is 12.5. The highest BCUT2D eigenvalue weighted by Gasteiger charge is 2.16. The highest BCUT2D eigenvalue weighted by molar-refractivity contribution is 7.03. The molecule has 5 heteroatoms. The lowest BCUT2D eigenvalue weighted by Crippen LogP contribution is -2.30. The minimum Gasteiger partial charge on any atom is -0.385 e. The van der Waals surface area contributed by atoms with Crippen LogP contribution in [0.3, 0.4) is 0 Å². The third-order valence-electron chi connectivity index (χ3n) is 2.30. The van der Waals surface area contributed by atoms with Crippen molar-refractivity contribution >= 4 is 11.5 Å². The summed E-state index contributed by atoms with van der Waals surface area (Å²) in [6.45, 7) is 7.05. The van der Waals surface area contributed by atoms with Gasteiger partial charge < -0.3 is 10.1 Å². The Balaban J connectivity index is 2.18. The quantitative estimate of drug-likeness (QED) is 0.773. The van der Waals surface area contributed by atoms with Gasteiger partial charge in [0.25, 0.3) is 0 Å². The lowest BCUT2D eigenvalue weighted by molar-refractivity contribution is 0.150. The van der Waals surface area contributed by atoms with E-state index in [1.165, 1.54) is 11.5 Å². The summed E-state index contributed by atoms with van der Waals surface area (Å²) in [7, 11) is 1.74. The second kappa shape index (κ2) is 6.15. The lowest BCUT2D eigenvalue weighted by Gasteiger charge is -2.24. The van der Waals surface area contributed by atoms with Crippen LogP contribution in [0.25, 0.3) is 0 Å². The van der Waals surface area contributed by atoms with Gasteiger partial charge in [-0.05, 0) is 23.4 Å². The summed E-state index contributed by atoms with van der Waals surface area (Å²) in [4.78, 5) is 0. The maximum atomic E-state index is 5.08. The van der Waals surface area contributed by atoms with E-state index in [-0.39, 0.29) is 5.41 Å². The zero-order valence-corrected chi connectivity index (χ0v) is 10.4. The van der Waals surface area contributed by atoms with Gasteiger partial charge >= 0.3 is 0 Å². The molecule has 0 amide bonds. The average molecular weight is 229 g/mol. The molecule has 0 spiro atoms. The van der Waals surface area contributed by atoms with Crippen molar-refractivity contribution in [3.63, 3.8) is 0 Å². The van der Waals surface area contributed by atoms with Gasteiger partial charge in [-0.2, -0.15) is 0 Å². The topological polar surface area (TPSA) is 47.0 Å². The van der Waals surface area contributed by atoms with E-state index >= 15 is 0 Å². The molecular weight excluding hydrogens is 210 g/mol. The van der Waals surface area contributed by atoms with Crippen LogP contribution in [0, 0.1) is 5.41 Å². The molecule has 0 saturated carbocycles. The molecule has 0 aliphatic rings. The van der Waals surface area contributed by atoms with Crippen molar-refractivity contribution in [1.29, 1.82) is 0 Å². The molecular formula is C10H19N3OS. The van der Waals surface area contributed by atoms with Crippen molar-refractivity contribution in [3.05, 3.63) is 11.1 Å². The van der Waals surface area contributed by atoms with Gasteiger partial charge in [-0.15, -0.1) is 5.10 Å². The van der Waals surface area contributed by atoms with Crippen molar-refractivity contribution in [1.82, 2.24) is 14.9 Å². The first-order valence-electron chi connectivity index (χ1n) is 5.10. The maximum absolute atomic E-state index is 5.08. The van der Waals surface area contributed by atoms with Crippen LogP contribution in [0.2, 0.25) is 0 Å². The number of ether oxygens (including phenoxy) is 1. The van der Waals surface area contributed by atoms with Gasteiger partial charge in [-0.3, -0.25) is 0 Å². The second-order valence-corrected chi connectivity index (χ2v) is 5.02. The number of nitrogens with one attached hydrogen (secondary N) is 1. The Morgan fingerprint density at radius 2 is 2.33 bits per heavy atom. The molecule has 0 saturated heterocycles. The van der Waals surface area contributed by atoms with Crippen LogP contribution in [-0.2, 0) is 11.3 Å². The molecule has 0 aliphatic carbocycles. The predicted molar refractivity (Wildman–Crippen MR) is 61.9 cm³/mol. The Bertz CT molecular complexity index is 262. The Morgan fingerprint density at radius 3 is 2.93 bits per heavy atom. The summed E-state index contributed by atoms with van der Waals surface area (Å²) in [6, 6.07) is 0. The van der Waals surface area contributed by atoms with Crippen LogP contribution in [0.1, 0.15) is 26.0 Å². The van der Waals surface area contributed by atoms with Crippen LogP contribution in [0.4, 0.5) is 0 Å². The van der Waals surface area contributed by atoms with Crippen molar-refractivity contribution in [2.75, 3.05) is 20.3 Å². The molecule has 0 unspecified atom stereocenters. The van der Waals surface area contributed by atoms with Gasteiger partial charge in [0.2, 0.25) is 0 Å². The Labute approximate surface area is 95.2 Å². The number of hydrogen-bond acceptors (Lipinski definition) is 5. The monoisotopic (exact) mass is 229 g/mol. The summed E-state index contributed by atoms with van der Waals surface area (Å²) < 4.78 is 8.90. The molecule has 0 aliphatic heterocycles. The highest BCUT2D eigenvalue weighted by Crippen LogP contribution is 2.18. The third kappa shape index (κ3) is 5.20. The molecule has 1 rings (SSSR count). The molecule has 1 N–H and O–H groups in total. The fraction of sp³-hybridized carbons (Fsp3) is 0.800. The van der Waals surface area contributed by atoms with Crippen LogP contribution >= 0.6 is 11.5 Å². The SMILES string of the molecule is COCCC(C)(C)CNCc1csnn1. The summed E-state index contributed by atoms with van der Waals surface area (Å²) in [6.07, 6.45) is 1.06. The number of rotatable bonds is 7. The van der Waals surface area contributed by atoms with Crippen LogP contribution in [-0.4, -0.2) is 29.8 Å². The summed E-state index contributed by atoms with van der Waals surface area (Å²) in [5.74, 6) is 0. The largest absolute Gasteiger partial charge is 0.385 e.